The van der Waals surface area contributed by atoms with E-state index in [4.69, 9.17) is 0 Å². The summed E-state index contributed by atoms with van der Waals surface area (Å²) in [7, 11) is 0. The highest BCUT2D eigenvalue weighted by Crippen LogP contribution is 2.50. The molecule has 4 heterocycles. The van der Waals surface area contributed by atoms with Crippen molar-refractivity contribution in [2.75, 3.05) is 5.01 Å². The highest BCUT2D eigenvalue weighted by Gasteiger charge is 2.39. The van der Waals surface area contributed by atoms with Crippen molar-refractivity contribution in [3.63, 3.8) is 0 Å². The monoisotopic (exact) mass is 303 g/mol. The first-order valence-electron chi connectivity index (χ1n) is 6.55. The van der Waals surface area contributed by atoms with Crippen molar-refractivity contribution in [1.29, 1.82) is 0 Å². The van der Waals surface area contributed by atoms with Gasteiger partial charge in [-0.15, -0.1) is 10.2 Å². The molecular formula is C13H13N5S2. The van der Waals surface area contributed by atoms with Crippen LogP contribution in [0.4, 0.5) is 0 Å². The third-order valence-electron chi connectivity index (χ3n) is 3.28. The van der Waals surface area contributed by atoms with E-state index in [2.05, 4.69) is 43.3 Å². The number of hydrogen-bond donors (Lipinski definition) is 0. The molecule has 0 amide bonds. The maximum Gasteiger partial charge on any atom is 0.216 e. The van der Waals surface area contributed by atoms with Crippen LogP contribution in [0.2, 0.25) is 0 Å². The highest BCUT2D eigenvalue weighted by molar-refractivity contribution is 8.07. The predicted molar refractivity (Wildman–Crippen MR) is 80.7 cm³/mol. The summed E-state index contributed by atoms with van der Waals surface area (Å²) >= 11 is 3.49. The average molecular weight is 303 g/mol. The Morgan fingerprint density at radius 2 is 2.30 bits per heavy atom. The van der Waals surface area contributed by atoms with Gasteiger partial charge in [0.25, 0.3) is 0 Å². The summed E-state index contributed by atoms with van der Waals surface area (Å²) in [6.45, 7) is 2.16. The van der Waals surface area contributed by atoms with Crippen molar-refractivity contribution in [1.82, 2.24) is 19.9 Å². The molecule has 0 saturated heterocycles. The lowest BCUT2D eigenvalue weighted by molar-refractivity contribution is 0.597. The van der Waals surface area contributed by atoms with Gasteiger partial charge in [-0.2, -0.15) is 0 Å². The fourth-order valence-electron chi connectivity index (χ4n) is 2.41. The van der Waals surface area contributed by atoms with E-state index in [1.54, 1.807) is 11.8 Å². The summed E-state index contributed by atoms with van der Waals surface area (Å²) in [5.74, 6) is 1.04. The van der Waals surface area contributed by atoms with E-state index in [9.17, 15) is 0 Å². The van der Waals surface area contributed by atoms with Gasteiger partial charge in [0.2, 0.25) is 5.16 Å². The van der Waals surface area contributed by atoms with Crippen LogP contribution in [0.15, 0.2) is 40.1 Å². The first-order chi connectivity index (χ1) is 9.88. The molecule has 2 aliphatic rings. The first-order valence-corrected chi connectivity index (χ1v) is 8.31. The maximum absolute atomic E-state index is 4.31. The Morgan fingerprint density at radius 3 is 3.10 bits per heavy atom. The van der Waals surface area contributed by atoms with E-state index < -0.39 is 0 Å². The fraction of sp³-hybridized carbons (Fsp3) is 0.308. The fourth-order valence-corrected chi connectivity index (χ4v) is 4.64. The molecule has 5 nitrogen and oxygen atoms in total. The molecule has 0 radical (unpaired) electrons. The molecule has 0 aliphatic carbocycles. The smallest absolute Gasteiger partial charge is 0.216 e. The second-order valence-electron chi connectivity index (χ2n) is 4.64. The summed E-state index contributed by atoms with van der Waals surface area (Å²) < 4.78 is 2.16. The minimum atomic E-state index is 0.221. The molecule has 2 aromatic heterocycles. The number of pyridine rings is 1. The molecular weight excluding hydrogens is 290 g/mol. The zero-order valence-electron chi connectivity index (χ0n) is 10.9. The van der Waals surface area contributed by atoms with Crippen molar-refractivity contribution in [3.8, 4) is 0 Å². The molecule has 1 unspecified atom stereocenters. The lowest BCUT2D eigenvalue weighted by atomic mass is 10.3. The van der Waals surface area contributed by atoms with Crippen LogP contribution in [-0.2, 0) is 6.42 Å². The Labute approximate surface area is 125 Å². The molecule has 7 heteroatoms. The third-order valence-corrected chi connectivity index (χ3v) is 5.47. The Morgan fingerprint density at radius 1 is 1.35 bits per heavy atom. The number of aromatic nitrogens is 4. The summed E-state index contributed by atoms with van der Waals surface area (Å²) in [6, 6.07) is 4.10. The van der Waals surface area contributed by atoms with Gasteiger partial charge in [0, 0.05) is 29.8 Å². The molecule has 0 saturated carbocycles. The first kappa shape index (κ1) is 12.3. The van der Waals surface area contributed by atoms with Crippen LogP contribution in [0.1, 0.15) is 30.1 Å². The molecule has 2 aliphatic heterocycles. The largest absolute Gasteiger partial charge is 0.264 e. The summed E-state index contributed by atoms with van der Waals surface area (Å²) in [4.78, 5) is 4.24. The number of thioether (sulfide) groups is 2. The Bertz CT molecular complexity index is 667. The molecule has 0 aromatic carbocycles. The number of aryl methyl sites for hydroxylation is 1. The van der Waals surface area contributed by atoms with Crippen LogP contribution in [0.5, 0.6) is 0 Å². The summed E-state index contributed by atoms with van der Waals surface area (Å²) in [6.07, 6.45) is 5.76. The second kappa shape index (κ2) is 4.82. The van der Waals surface area contributed by atoms with Gasteiger partial charge in [-0.1, -0.05) is 24.8 Å². The van der Waals surface area contributed by atoms with Crippen molar-refractivity contribution in [3.05, 3.63) is 46.4 Å². The van der Waals surface area contributed by atoms with Gasteiger partial charge in [0.05, 0.1) is 0 Å². The van der Waals surface area contributed by atoms with Gasteiger partial charge in [0.1, 0.15) is 10.4 Å². The van der Waals surface area contributed by atoms with Crippen LogP contribution in [0, 0.1) is 0 Å². The average Bonchev–Trinajstić information content (AvgIpc) is 3.12. The van der Waals surface area contributed by atoms with Crippen LogP contribution in [0.25, 0.3) is 0 Å². The van der Waals surface area contributed by atoms with Gasteiger partial charge in [-0.25, -0.2) is 4.68 Å². The molecule has 4 rings (SSSR count). The second-order valence-corrected chi connectivity index (χ2v) is 6.58. The van der Waals surface area contributed by atoms with Gasteiger partial charge in [-0.05, 0) is 24.2 Å². The Hall–Kier alpha value is -1.47. The number of fused-ring (bicyclic) bond motifs is 3. The van der Waals surface area contributed by atoms with E-state index in [1.165, 1.54) is 10.6 Å². The minimum absolute atomic E-state index is 0.221. The van der Waals surface area contributed by atoms with Crippen LogP contribution >= 0.6 is 23.5 Å². The zero-order valence-corrected chi connectivity index (χ0v) is 12.6. The normalized spacial score (nSPS) is 19.9. The van der Waals surface area contributed by atoms with Crippen molar-refractivity contribution >= 4 is 23.5 Å². The lowest BCUT2D eigenvalue weighted by Gasteiger charge is -2.25. The van der Waals surface area contributed by atoms with Crippen molar-refractivity contribution in [2.24, 2.45) is 0 Å². The minimum Gasteiger partial charge on any atom is -0.264 e. The standard InChI is InChI=1S/C13H13N5S2/c1-2-4-10-15-16-13-17(10)18-11(20-13)8-19-12(18)9-5-3-6-14-7-9/h3,5-8,12H,2,4H2,1H3. The number of hydrogen-bond acceptors (Lipinski definition) is 6. The molecule has 102 valence electrons. The predicted octanol–water partition coefficient (Wildman–Crippen LogP) is 2.91. The zero-order chi connectivity index (χ0) is 13.5. The van der Waals surface area contributed by atoms with E-state index in [1.807, 2.05) is 30.2 Å². The Balaban J connectivity index is 1.75. The summed E-state index contributed by atoms with van der Waals surface area (Å²) in [5.41, 5.74) is 1.20. The van der Waals surface area contributed by atoms with Crippen LogP contribution < -0.4 is 5.01 Å². The number of rotatable bonds is 3. The lowest BCUT2D eigenvalue weighted by Crippen LogP contribution is -2.30. The van der Waals surface area contributed by atoms with Crippen molar-refractivity contribution in [2.45, 2.75) is 30.3 Å². The maximum atomic E-state index is 4.31. The van der Waals surface area contributed by atoms with E-state index >= 15 is 0 Å². The van der Waals surface area contributed by atoms with Crippen molar-refractivity contribution < 1.29 is 0 Å². The van der Waals surface area contributed by atoms with Gasteiger partial charge in [0.15, 0.2) is 5.82 Å². The molecule has 1 atom stereocenters. The van der Waals surface area contributed by atoms with Gasteiger partial charge >= 0.3 is 0 Å². The Kier molecular flexibility index (Phi) is 2.96. The number of nitrogens with zero attached hydrogens (tertiary/aromatic N) is 5. The van der Waals surface area contributed by atoms with E-state index in [-0.39, 0.29) is 5.37 Å². The highest BCUT2D eigenvalue weighted by atomic mass is 32.2. The molecule has 0 bridgehead atoms. The summed E-state index contributed by atoms with van der Waals surface area (Å²) in [5, 5.41) is 15.5. The van der Waals surface area contributed by atoms with E-state index in [0.29, 0.717) is 0 Å². The molecule has 0 N–H and O–H groups in total. The third kappa shape index (κ3) is 1.76. The van der Waals surface area contributed by atoms with Crippen LogP contribution in [0.3, 0.4) is 0 Å². The molecule has 2 aromatic rings. The quantitative estimate of drug-likeness (QED) is 0.869. The molecule has 0 fully saturated rings. The van der Waals surface area contributed by atoms with Gasteiger partial charge in [-0.3, -0.25) is 9.99 Å². The van der Waals surface area contributed by atoms with E-state index in [0.717, 1.165) is 23.8 Å². The SMILES string of the molecule is CCCc1nnc2n1N1C(=CSC1c1cccnc1)S2. The molecule has 0 spiro atoms. The topological polar surface area (TPSA) is 46.8 Å². The van der Waals surface area contributed by atoms with Crippen LogP contribution in [-0.4, -0.2) is 19.9 Å². The molecule has 20 heavy (non-hydrogen) atoms. The van der Waals surface area contributed by atoms with Gasteiger partial charge < -0.3 is 0 Å².